The van der Waals surface area contributed by atoms with E-state index in [0.717, 1.165) is 31.4 Å². The first kappa shape index (κ1) is 13.4. The van der Waals surface area contributed by atoms with Gasteiger partial charge in [0.05, 0.1) is 6.61 Å². The fourth-order valence-corrected chi connectivity index (χ4v) is 2.74. The van der Waals surface area contributed by atoms with Crippen LogP contribution in [0.3, 0.4) is 0 Å². The number of aryl methyl sites for hydroxylation is 1. The minimum atomic E-state index is 0.742. The first-order chi connectivity index (χ1) is 8.79. The maximum Gasteiger partial charge on any atom is 0.122 e. The van der Waals surface area contributed by atoms with Crippen LogP contribution < -0.4 is 10.1 Å². The van der Waals surface area contributed by atoms with Crippen molar-refractivity contribution in [1.82, 2.24) is 5.32 Å². The highest BCUT2D eigenvalue weighted by Crippen LogP contribution is 2.21. The summed E-state index contributed by atoms with van der Waals surface area (Å²) in [6, 6.07) is 7.23. The molecule has 0 bridgehead atoms. The molecule has 0 radical (unpaired) electrons. The molecular weight excluding hydrogens is 222 g/mol. The van der Waals surface area contributed by atoms with Gasteiger partial charge in [-0.3, -0.25) is 0 Å². The molecule has 2 heteroatoms. The van der Waals surface area contributed by atoms with E-state index in [2.05, 4.69) is 30.4 Å². The van der Waals surface area contributed by atoms with Gasteiger partial charge in [-0.25, -0.2) is 0 Å². The summed E-state index contributed by atoms with van der Waals surface area (Å²) in [6.45, 7) is 5.99. The molecule has 0 unspecified atom stereocenters. The Kier molecular flexibility index (Phi) is 5.06. The van der Waals surface area contributed by atoms with Crippen LogP contribution in [0.5, 0.6) is 5.75 Å². The highest BCUT2D eigenvalue weighted by molar-refractivity contribution is 5.37. The molecule has 0 aromatic heterocycles. The molecule has 0 amide bonds. The van der Waals surface area contributed by atoms with Crippen LogP contribution in [-0.4, -0.2) is 19.2 Å². The van der Waals surface area contributed by atoms with Gasteiger partial charge in [0.1, 0.15) is 5.75 Å². The van der Waals surface area contributed by atoms with E-state index in [-0.39, 0.29) is 0 Å². The van der Waals surface area contributed by atoms with E-state index in [1.165, 1.54) is 36.8 Å². The quantitative estimate of drug-likeness (QED) is 0.831. The summed E-state index contributed by atoms with van der Waals surface area (Å²) in [6.07, 6.45) is 6.56. The molecule has 0 heterocycles. The fraction of sp³-hybridized carbons (Fsp3) is 0.625. The van der Waals surface area contributed by atoms with Crippen LogP contribution in [0.1, 0.15) is 43.7 Å². The lowest BCUT2D eigenvalue weighted by atomic mass is 10.1. The number of hydrogen-bond donors (Lipinski definition) is 1. The van der Waals surface area contributed by atoms with E-state index in [1.807, 2.05) is 6.92 Å². The molecule has 1 N–H and O–H groups in total. The third-order valence-corrected chi connectivity index (χ3v) is 3.70. The Morgan fingerprint density at radius 3 is 2.78 bits per heavy atom. The van der Waals surface area contributed by atoms with Gasteiger partial charge in [0.15, 0.2) is 0 Å². The lowest BCUT2D eigenvalue weighted by Gasteiger charge is -2.14. The van der Waals surface area contributed by atoms with Gasteiger partial charge >= 0.3 is 0 Å². The number of rotatable bonds is 6. The molecule has 18 heavy (non-hydrogen) atoms. The summed E-state index contributed by atoms with van der Waals surface area (Å²) in [5.41, 5.74) is 2.65. The maximum absolute atomic E-state index is 5.69. The van der Waals surface area contributed by atoms with Crippen molar-refractivity contribution in [2.45, 2.75) is 52.0 Å². The first-order valence-corrected chi connectivity index (χ1v) is 7.25. The Bertz CT molecular complexity index is 369. The van der Waals surface area contributed by atoms with Gasteiger partial charge in [0.2, 0.25) is 0 Å². The normalized spacial score (nSPS) is 16.1. The summed E-state index contributed by atoms with van der Waals surface area (Å²) < 4.78 is 5.69. The SMILES string of the molecule is CCOc1ccc(C)cc1CCNC1CCCC1. The minimum absolute atomic E-state index is 0.742. The van der Waals surface area contributed by atoms with Crippen LogP contribution in [0, 0.1) is 6.92 Å². The van der Waals surface area contributed by atoms with Gasteiger partial charge in [-0.2, -0.15) is 0 Å². The Labute approximate surface area is 111 Å². The van der Waals surface area contributed by atoms with Crippen molar-refractivity contribution < 1.29 is 4.74 Å². The second-order valence-electron chi connectivity index (χ2n) is 5.23. The Hall–Kier alpha value is -1.02. The summed E-state index contributed by atoms with van der Waals surface area (Å²) >= 11 is 0. The smallest absolute Gasteiger partial charge is 0.122 e. The van der Waals surface area contributed by atoms with Gasteiger partial charge in [-0.15, -0.1) is 0 Å². The maximum atomic E-state index is 5.69. The average molecular weight is 247 g/mol. The highest BCUT2D eigenvalue weighted by atomic mass is 16.5. The van der Waals surface area contributed by atoms with Crippen LogP contribution in [0.25, 0.3) is 0 Å². The van der Waals surface area contributed by atoms with E-state index >= 15 is 0 Å². The van der Waals surface area contributed by atoms with Crippen LogP contribution in [0.4, 0.5) is 0 Å². The van der Waals surface area contributed by atoms with Gasteiger partial charge in [0, 0.05) is 6.04 Å². The molecule has 1 aliphatic carbocycles. The third-order valence-electron chi connectivity index (χ3n) is 3.70. The van der Waals surface area contributed by atoms with E-state index in [9.17, 15) is 0 Å². The Morgan fingerprint density at radius 2 is 2.06 bits per heavy atom. The first-order valence-electron chi connectivity index (χ1n) is 7.25. The molecule has 2 nitrogen and oxygen atoms in total. The predicted molar refractivity (Wildman–Crippen MR) is 76.3 cm³/mol. The number of nitrogens with one attached hydrogen (secondary N) is 1. The van der Waals surface area contributed by atoms with Gasteiger partial charge < -0.3 is 10.1 Å². The summed E-state index contributed by atoms with van der Waals surface area (Å²) in [5, 5.41) is 3.66. The molecule has 0 aliphatic heterocycles. The lowest BCUT2D eigenvalue weighted by Crippen LogP contribution is -2.28. The standard InChI is InChI=1S/C16H25NO/c1-3-18-16-9-8-13(2)12-14(16)10-11-17-15-6-4-5-7-15/h8-9,12,15,17H,3-7,10-11H2,1-2H3. The molecule has 0 saturated heterocycles. The molecule has 100 valence electrons. The second kappa shape index (κ2) is 6.79. The van der Waals surface area contributed by atoms with Crippen LogP contribution in [-0.2, 0) is 6.42 Å². The van der Waals surface area contributed by atoms with E-state index < -0.39 is 0 Å². The summed E-state index contributed by atoms with van der Waals surface area (Å²) in [7, 11) is 0. The molecule has 1 fully saturated rings. The minimum Gasteiger partial charge on any atom is -0.494 e. The Morgan fingerprint density at radius 1 is 1.28 bits per heavy atom. The molecule has 1 aromatic rings. The van der Waals surface area contributed by atoms with Crippen molar-refractivity contribution in [2.24, 2.45) is 0 Å². The third kappa shape index (κ3) is 3.74. The Balaban J connectivity index is 1.88. The molecule has 0 spiro atoms. The molecular formula is C16H25NO. The van der Waals surface area contributed by atoms with Crippen molar-refractivity contribution in [3.05, 3.63) is 29.3 Å². The zero-order chi connectivity index (χ0) is 12.8. The van der Waals surface area contributed by atoms with Crippen LogP contribution in [0.15, 0.2) is 18.2 Å². The molecule has 1 aliphatic rings. The largest absolute Gasteiger partial charge is 0.494 e. The van der Waals surface area contributed by atoms with Gasteiger partial charge in [0.25, 0.3) is 0 Å². The van der Waals surface area contributed by atoms with Crippen molar-refractivity contribution in [3.8, 4) is 5.75 Å². The average Bonchev–Trinajstić information content (AvgIpc) is 2.86. The molecule has 2 rings (SSSR count). The summed E-state index contributed by atoms with van der Waals surface area (Å²) in [4.78, 5) is 0. The fourth-order valence-electron chi connectivity index (χ4n) is 2.74. The van der Waals surface area contributed by atoms with Crippen molar-refractivity contribution in [1.29, 1.82) is 0 Å². The number of ether oxygens (including phenoxy) is 1. The van der Waals surface area contributed by atoms with Crippen LogP contribution in [0.2, 0.25) is 0 Å². The lowest BCUT2D eigenvalue weighted by molar-refractivity contribution is 0.336. The second-order valence-corrected chi connectivity index (χ2v) is 5.23. The van der Waals surface area contributed by atoms with E-state index in [1.54, 1.807) is 0 Å². The van der Waals surface area contributed by atoms with Gasteiger partial charge in [-0.1, -0.05) is 30.5 Å². The number of hydrogen-bond acceptors (Lipinski definition) is 2. The van der Waals surface area contributed by atoms with Gasteiger partial charge in [-0.05, 0) is 51.3 Å². The zero-order valence-electron chi connectivity index (χ0n) is 11.7. The zero-order valence-corrected chi connectivity index (χ0v) is 11.7. The van der Waals surface area contributed by atoms with E-state index in [4.69, 9.17) is 4.74 Å². The van der Waals surface area contributed by atoms with Crippen molar-refractivity contribution in [2.75, 3.05) is 13.2 Å². The summed E-state index contributed by atoms with van der Waals surface area (Å²) in [5.74, 6) is 1.05. The molecule has 1 saturated carbocycles. The molecule has 1 aromatic carbocycles. The van der Waals surface area contributed by atoms with Crippen LogP contribution >= 0.6 is 0 Å². The number of benzene rings is 1. The van der Waals surface area contributed by atoms with E-state index in [0.29, 0.717) is 0 Å². The van der Waals surface area contributed by atoms with Crippen molar-refractivity contribution in [3.63, 3.8) is 0 Å². The highest BCUT2D eigenvalue weighted by Gasteiger charge is 2.13. The van der Waals surface area contributed by atoms with Crippen molar-refractivity contribution >= 4 is 0 Å². The topological polar surface area (TPSA) is 21.3 Å². The predicted octanol–water partition coefficient (Wildman–Crippen LogP) is 3.47. The molecule has 0 atom stereocenters. The monoisotopic (exact) mass is 247 g/mol.